The van der Waals surface area contributed by atoms with Gasteiger partial charge in [0, 0.05) is 36.6 Å². The van der Waals surface area contributed by atoms with E-state index in [-0.39, 0.29) is 24.3 Å². The van der Waals surface area contributed by atoms with Crippen molar-refractivity contribution in [2.24, 2.45) is 5.92 Å². The Morgan fingerprint density at radius 2 is 2.04 bits per heavy atom. The van der Waals surface area contributed by atoms with Crippen molar-refractivity contribution in [1.29, 1.82) is 0 Å². The lowest BCUT2D eigenvalue weighted by atomic mass is 9.99. The van der Waals surface area contributed by atoms with Gasteiger partial charge in [0.2, 0.25) is 6.79 Å². The summed E-state index contributed by atoms with van der Waals surface area (Å²) >= 11 is 0. The van der Waals surface area contributed by atoms with E-state index in [0.717, 1.165) is 25.9 Å². The smallest absolute Gasteiger partial charge is 0.274 e. The highest BCUT2D eigenvalue weighted by Gasteiger charge is 2.23. The molecular formula is C20H21N3O4. The number of amides is 2. The molecule has 0 saturated carbocycles. The van der Waals surface area contributed by atoms with E-state index in [1.807, 2.05) is 4.90 Å². The quantitative estimate of drug-likeness (QED) is 0.902. The Morgan fingerprint density at radius 1 is 1.19 bits per heavy atom. The molecule has 2 aromatic rings. The molecule has 1 saturated heterocycles. The number of carbonyl (C=O) groups is 2. The number of ether oxygens (including phenoxy) is 2. The van der Waals surface area contributed by atoms with E-state index in [4.69, 9.17) is 9.47 Å². The van der Waals surface area contributed by atoms with Gasteiger partial charge in [0.15, 0.2) is 11.5 Å². The molecule has 1 unspecified atom stereocenters. The van der Waals surface area contributed by atoms with Crippen molar-refractivity contribution in [1.82, 2.24) is 9.88 Å². The fourth-order valence-electron chi connectivity index (χ4n) is 3.41. The SMILES string of the molecule is CC1CCCN(C(=O)c2ccnc(C(=O)Nc3ccc4c(c3)OCO4)c2)C1. The van der Waals surface area contributed by atoms with E-state index >= 15 is 0 Å². The zero-order chi connectivity index (χ0) is 18.8. The van der Waals surface area contributed by atoms with Crippen LogP contribution in [-0.4, -0.2) is 41.6 Å². The third kappa shape index (κ3) is 3.72. The van der Waals surface area contributed by atoms with Crippen LogP contribution in [0, 0.1) is 5.92 Å². The number of hydrogen-bond acceptors (Lipinski definition) is 5. The Bertz CT molecular complexity index is 883. The molecule has 1 aromatic carbocycles. The number of pyridine rings is 1. The monoisotopic (exact) mass is 367 g/mol. The summed E-state index contributed by atoms with van der Waals surface area (Å²) in [5.74, 6) is 1.30. The number of aromatic nitrogens is 1. The highest BCUT2D eigenvalue weighted by molar-refractivity contribution is 6.05. The maximum absolute atomic E-state index is 12.7. The number of fused-ring (bicyclic) bond motifs is 1. The fraction of sp³-hybridized carbons (Fsp3) is 0.350. The van der Waals surface area contributed by atoms with E-state index in [2.05, 4.69) is 17.2 Å². The Labute approximate surface area is 157 Å². The summed E-state index contributed by atoms with van der Waals surface area (Å²) in [4.78, 5) is 31.3. The molecule has 3 heterocycles. The van der Waals surface area contributed by atoms with Crippen LogP contribution < -0.4 is 14.8 Å². The van der Waals surface area contributed by atoms with Gasteiger partial charge in [0.05, 0.1) is 0 Å². The fourth-order valence-corrected chi connectivity index (χ4v) is 3.41. The van der Waals surface area contributed by atoms with Crippen molar-refractivity contribution in [2.45, 2.75) is 19.8 Å². The largest absolute Gasteiger partial charge is 0.454 e. The maximum Gasteiger partial charge on any atom is 0.274 e. The summed E-state index contributed by atoms with van der Waals surface area (Å²) in [5, 5.41) is 2.78. The van der Waals surface area contributed by atoms with Gasteiger partial charge < -0.3 is 19.7 Å². The molecule has 0 radical (unpaired) electrons. The van der Waals surface area contributed by atoms with Crippen molar-refractivity contribution in [3.8, 4) is 11.5 Å². The third-order valence-electron chi connectivity index (χ3n) is 4.81. The van der Waals surface area contributed by atoms with Crippen molar-refractivity contribution in [3.05, 3.63) is 47.8 Å². The van der Waals surface area contributed by atoms with Crippen LogP contribution in [0.3, 0.4) is 0 Å². The average molecular weight is 367 g/mol. The van der Waals surface area contributed by atoms with Crippen LogP contribution in [0.5, 0.6) is 11.5 Å². The van der Waals surface area contributed by atoms with Crippen LogP contribution in [-0.2, 0) is 0 Å². The van der Waals surface area contributed by atoms with Crippen LogP contribution in [0.15, 0.2) is 36.5 Å². The van der Waals surface area contributed by atoms with Gasteiger partial charge in [-0.15, -0.1) is 0 Å². The van der Waals surface area contributed by atoms with Crippen LogP contribution in [0.1, 0.15) is 40.6 Å². The Kier molecular flexibility index (Phi) is 4.66. The predicted molar refractivity (Wildman–Crippen MR) is 99.1 cm³/mol. The third-order valence-corrected chi connectivity index (χ3v) is 4.81. The first-order valence-electron chi connectivity index (χ1n) is 9.06. The summed E-state index contributed by atoms with van der Waals surface area (Å²) in [7, 11) is 0. The second kappa shape index (κ2) is 7.26. The van der Waals surface area contributed by atoms with Crippen molar-refractivity contribution in [2.75, 3.05) is 25.2 Å². The first-order valence-corrected chi connectivity index (χ1v) is 9.06. The van der Waals surface area contributed by atoms with Crippen LogP contribution in [0.4, 0.5) is 5.69 Å². The number of hydrogen-bond donors (Lipinski definition) is 1. The standard InChI is InChI=1S/C20H21N3O4/c1-13-3-2-8-23(11-13)20(25)14-6-7-21-16(9-14)19(24)22-15-4-5-17-18(10-15)27-12-26-17/h4-7,9-10,13H,2-3,8,11-12H2,1H3,(H,22,24). The molecule has 2 amide bonds. The summed E-state index contributed by atoms with van der Waals surface area (Å²) in [6.45, 7) is 3.83. The zero-order valence-electron chi connectivity index (χ0n) is 15.1. The van der Waals surface area contributed by atoms with Gasteiger partial charge in [-0.25, -0.2) is 0 Å². The number of anilines is 1. The average Bonchev–Trinajstić information content (AvgIpc) is 3.15. The first kappa shape index (κ1) is 17.3. The van der Waals surface area contributed by atoms with Gasteiger partial charge in [0.1, 0.15) is 5.69 Å². The minimum atomic E-state index is -0.379. The Hall–Kier alpha value is -3.09. The van der Waals surface area contributed by atoms with E-state index in [1.165, 1.54) is 6.20 Å². The van der Waals surface area contributed by atoms with Crippen LogP contribution in [0.2, 0.25) is 0 Å². The number of likely N-dealkylation sites (tertiary alicyclic amines) is 1. The lowest BCUT2D eigenvalue weighted by Gasteiger charge is -2.31. The molecule has 1 fully saturated rings. The highest BCUT2D eigenvalue weighted by Crippen LogP contribution is 2.34. The van der Waals surface area contributed by atoms with Crippen LogP contribution >= 0.6 is 0 Å². The number of rotatable bonds is 3. The molecular weight excluding hydrogens is 346 g/mol. The number of carbonyl (C=O) groups excluding carboxylic acids is 2. The molecule has 1 atom stereocenters. The topological polar surface area (TPSA) is 80.8 Å². The Morgan fingerprint density at radius 3 is 2.89 bits per heavy atom. The molecule has 4 rings (SSSR count). The predicted octanol–water partition coefficient (Wildman–Crippen LogP) is 2.93. The first-order chi connectivity index (χ1) is 13.1. The van der Waals surface area contributed by atoms with Gasteiger partial charge in [-0.05, 0) is 43.0 Å². The van der Waals surface area contributed by atoms with E-state index in [0.29, 0.717) is 28.7 Å². The van der Waals surface area contributed by atoms with Crippen molar-refractivity contribution >= 4 is 17.5 Å². The minimum absolute atomic E-state index is 0.0546. The molecule has 2 aliphatic heterocycles. The number of benzene rings is 1. The molecule has 140 valence electrons. The number of nitrogens with zero attached hydrogens (tertiary/aromatic N) is 2. The number of piperidine rings is 1. The molecule has 2 aliphatic rings. The second-order valence-electron chi connectivity index (χ2n) is 6.95. The lowest BCUT2D eigenvalue weighted by Crippen LogP contribution is -2.39. The van der Waals surface area contributed by atoms with Crippen LogP contribution in [0.25, 0.3) is 0 Å². The molecule has 0 bridgehead atoms. The lowest BCUT2D eigenvalue weighted by molar-refractivity contribution is 0.0683. The zero-order valence-corrected chi connectivity index (χ0v) is 15.1. The van der Waals surface area contributed by atoms with Gasteiger partial charge in [0.25, 0.3) is 11.8 Å². The van der Waals surface area contributed by atoms with E-state index in [9.17, 15) is 9.59 Å². The molecule has 7 heteroatoms. The summed E-state index contributed by atoms with van der Waals surface area (Å²) in [6.07, 6.45) is 3.65. The van der Waals surface area contributed by atoms with Crippen molar-refractivity contribution < 1.29 is 19.1 Å². The summed E-state index contributed by atoms with van der Waals surface area (Å²) in [6, 6.07) is 8.37. The molecule has 1 N–H and O–H groups in total. The van der Waals surface area contributed by atoms with Gasteiger partial charge in [-0.2, -0.15) is 0 Å². The normalized spacial score (nSPS) is 18.3. The minimum Gasteiger partial charge on any atom is -0.454 e. The molecule has 0 aliphatic carbocycles. The summed E-state index contributed by atoms with van der Waals surface area (Å²) in [5.41, 5.74) is 1.26. The van der Waals surface area contributed by atoms with Crippen molar-refractivity contribution in [3.63, 3.8) is 0 Å². The molecule has 7 nitrogen and oxygen atoms in total. The second-order valence-corrected chi connectivity index (χ2v) is 6.95. The van der Waals surface area contributed by atoms with E-state index < -0.39 is 0 Å². The molecule has 1 aromatic heterocycles. The highest BCUT2D eigenvalue weighted by atomic mass is 16.7. The number of nitrogens with one attached hydrogen (secondary N) is 1. The molecule has 0 spiro atoms. The Balaban J connectivity index is 1.48. The maximum atomic E-state index is 12.7. The van der Waals surface area contributed by atoms with Gasteiger partial charge in [-0.3, -0.25) is 14.6 Å². The van der Waals surface area contributed by atoms with Gasteiger partial charge in [-0.1, -0.05) is 6.92 Å². The van der Waals surface area contributed by atoms with Gasteiger partial charge >= 0.3 is 0 Å². The summed E-state index contributed by atoms with van der Waals surface area (Å²) < 4.78 is 10.6. The van der Waals surface area contributed by atoms with E-state index in [1.54, 1.807) is 30.3 Å². The molecule has 27 heavy (non-hydrogen) atoms.